The molecule has 6 nitrogen and oxygen atoms in total. The molecule has 0 atom stereocenters. The second kappa shape index (κ2) is 7.53. The van der Waals surface area contributed by atoms with Gasteiger partial charge in [-0.3, -0.25) is 4.79 Å². The van der Waals surface area contributed by atoms with Gasteiger partial charge in [-0.25, -0.2) is 18.1 Å². The van der Waals surface area contributed by atoms with Crippen molar-refractivity contribution in [3.8, 4) is 0 Å². The Morgan fingerprint density at radius 3 is 2.54 bits per heavy atom. The number of nitrogens with zero attached hydrogens (tertiary/aromatic N) is 1. The van der Waals surface area contributed by atoms with Crippen LogP contribution in [0.25, 0.3) is 10.2 Å². The first-order chi connectivity index (χ1) is 12.3. The summed E-state index contributed by atoms with van der Waals surface area (Å²) in [6, 6.07) is 12.4. The summed E-state index contributed by atoms with van der Waals surface area (Å²) < 4.78 is 27.8. The topological polar surface area (TPSA) is 88.2 Å². The van der Waals surface area contributed by atoms with Crippen LogP contribution in [0.2, 0.25) is 0 Å². The molecule has 1 amide bonds. The van der Waals surface area contributed by atoms with Crippen molar-refractivity contribution in [3.05, 3.63) is 53.6 Å². The molecule has 26 heavy (non-hydrogen) atoms. The highest BCUT2D eigenvalue weighted by molar-refractivity contribution is 7.89. The predicted octanol–water partition coefficient (Wildman–Crippen LogP) is 3.22. The number of para-hydroxylation sites is 1. The SMILES string of the molecule is Cc1ccc(S(=O)(=O)NCCC(=O)Nc2nc3c(C)cccc3s2)cc1. The van der Waals surface area contributed by atoms with Crippen molar-refractivity contribution in [3.63, 3.8) is 0 Å². The van der Waals surface area contributed by atoms with Crippen LogP contribution in [0.4, 0.5) is 5.13 Å². The van der Waals surface area contributed by atoms with E-state index in [9.17, 15) is 13.2 Å². The van der Waals surface area contributed by atoms with Crippen molar-refractivity contribution in [1.29, 1.82) is 0 Å². The minimum Gasteiger partial charge on any atom is -0.302 e. The Hall–Kier alpha value is -2.29. The number of amides is 1. The number of aryl methyl sites for hydroxylation is 2. The number of hydrogen-bond donors (Lipinski definition) is 2. The van der Waals surface area contributed by atoms with Gasteiger partial charge in [-0.1, -0.05) is 41.2 Å². The fourth-order valence-electron chi connectivity index (χ4n) is 2.42. The number of aromatic nitrogens is 1. The molecule has 1 aromatic heterocycles. The molecule has 0 radical (unpaired) electrons. The summed E-state index contributed by atoms with van der Waals surface area (Å²) in [6.45, 7) is 3.87. The van der Waals surface area contributed by atoms with E-state index in [-0.39, 0.29) is 23.8 Å². The Bertz CT molecular complexity index is 1040. The van der Waals surface area contributed by atoms with Gasteiger partial charge in [0.15, 0.2) is 5.13 Å². The predicted molar refractivity (Wildman–Crippen MR) is 104 cm³/mol. The minimum absolute atomic E-state index is 0.0198. The number of nitrogens with one attached hydrogen (secondary N) is 2. The first-order valence-corrected chi connectivity index (χ1v) is 10.4. The van der Waals surface area contributed by atoms with Crippen LogP contribution in [0, 0.1) is 13.8 Å². The number of carbonyl (C=O) groups is 1. The third-order valence-corrected chi connectivity index (χ3v) is 6.26. The highest BCUT2D eigenvalue weighted by Gasteiger charge is 2.14. The zero-order valence-corrected chi connectivity index (χ0v) is 16.1. The lowest BCUT2D eigenvalue weighted by atomic mass is 10.2. The van der Waals surface area contributed by atoms with Crippen molar-refractivity contribution in [2.75, 3.05) is 11.9 Å². The number of rotatable bonds is 6. The Morgan fingerprint density at radius 1 is 1.12 bits per heavy atom. The number of carbonyl (C=O) groups excluding carboxylic acids is 1. The lowest BCUT2D eigenvalue weighted by Crippen LogP contribution is -2.27. The van der Waals surface area contributed by atoms with Crippen LogP contribution in [0.15, 0.2) is 47.4 Å². The maximum absolute atomic E-state index is 12.2. The summed E-state index contributed by atoms with van der Waals surface area (Å²) in [5.41, 5.74) is 2.90. The monoisotopic (exact) mass is 389 g/mol. The van der Waals surface area contributed by atoms with E-state index >= 15 is 0 Å². The molecule has 0 aliphatic rings. The number of sulfonamides is 1. The van der Waals surface area contributed by atoms with Crippen LogP contribution >= 0.6 is 11.3 Å². The van der Waals surface area contributed by atoms with Crippen LogP contribution in [0.1, 0.15) is 17.5 Å². The Kier molecular flexibility index (Phi) is 5.36. The lowest BCUT2D eigenvalue weighted by molar-refractivity contribution is -0.116. The molecule has 2 aromatic carbocycles. The van der Waals surface area contributed by atoms with E-state index < -0.39 is 10.0 Å². The average molecular weight is 390 g/mol. The molecule has 0 aliphatic heterocycles. The van der Waals surface area contributed by atoms with Crippen molar-refractivity contribution < 1.29 is 13.2 Å². The second-order valence-corrected chi connectivity index (χ2v) is 8.75. The quantitative estimate of drug-likeness (QED) is 0.677. The molecule has 136 valence electrons. The first-order valence-electron chi connectivity index (χ1n) is 8.07. The van der Waals surface area contributed by atoms with E-state index in [2.05, 4.69) is 15.0 Å². The van der Waals surface area contributed by atoms with Gasteiger partial charge in [0.05, 0.1) is 15.1 Å². The van der Waals surface area contributed by atoms with Gasteiger partial charge in [0.25, 0.3) is 0 Å². The van der Waals surface area contributed by atoms with Gasteiger partial charge >= 0.3 is 0 Å². The van der Waals surface area contributed by atoms with E-state index in [1.165, 1.54) is 11.3 Å². The number of anilines is 1. The van der Waals surface area contributed by atoms with Crippen LogP contribution in [0.5, 0.6) is 0 Å². The fraction of sp³-hybridized carbons (Fsp3) is 0.222. The molecule has 0 bridgehead atoms. The maximum atomic E-state index is 12.2. The van der Waals surface area contributed by atoms with Gasteiger partial charge in [-0.2, -0.15) is 0 Å². The number of benzene rings is 2. The third-order valence-electron chi connectivity index (χ3n) is 3.84. The molecule has 1 heterocycles. The molecular formula is C18H19N3O3S2. The van der Waals surface area contributed by atoms with Crippen LogP contribution < -0.4 is 10.0 Å². The zero-order chi connectivity index (χ0) is 18.7. The van der Waals surface area contributed by atoms with Crippen molar-refractivity contribution in [2.45, 2.75) is 25.2 Å². The number of thiazole rings is 1. The fourth-order valence-corrected chi connectivity index (χ4v) is 4.41. The summed E-state index contributed by atoms with van der Waals surface area (Å²) in [7, 11) is -3.61. The number of hydrogen-bond acceptors (Lipinski definition) is 5. The van der Waals surface area contributed by atoms with Crippen LogP contribution in [0.3, 0.4) is 0 Å². The van der Waals surface area contributed by atoms with Gasteiger partial charge in [0.2, 0.25) is 15.9 Å². The van der Waals surface area contributed by atoms with E-state index in [4.69, 9.17) is 0 Å². The molecule has 0 aliphatic carbocycles. The van der Waals surface area contributed by atoms with Crippen LogP contribution in [-0.4, -0.2) is 25.9 Å². The van der Waals surface area contributed by atoms with Gasteiger partial charge in [0.1, 0.15) is 0 Å². The number of fused-ring (bicyclic) bond motifs is 1. The third kappa shape index (κ3) is 4.27. The molecule has 8 heteroatoms. The molecule has 0 saturated carbocycles. The lowest BCUT2D eigenvalue weighted by Gasteiger charge is -2.07. The second-order valence-electron chi connectivity index (χ2n) is 5.95. The molecule has 3 aromatic rings. The summed E-state index contributed by atoms with van der Waals surface area (Å²) >= 11 is 1.40. The van der Waals surface area contributed by atoms with E-state index in [0.29, 0.717) is 5.13 Å². The van der Waals surface area contributed by atoms with Gasteiger partial charge in [-0.05, 0) is 37.6 Å². The molecule has 0 saturated heterocycles. The van der Waals surface area contributed by atoms with Gasteiger partial charge in [-0.15, -0.1) is 0 Å². The van der Waals surface area contributed by atoms with Crippen molar-refractivity contribution in [1.82, 2.24) is 9.71 Å². The van der Waals surface area contributed by atoms with Crippen molar-refractivity contribution >= 4 is 42.6 Å². The zero-order valence-electron chi connectivity index (χ0n) is 14.4. The molecule has 3 rings (SSSR count). The minimum atomic E-state index is -3.61. The first kappa shape index (κ1) is 18.5. The molecular weight excluding hydrogens is 370 g/mol. The molecule has 2 N–H and O–H groups in total. The van der Waals surface area contributed by atoms with Crippen molar-refractivity contribution in [2.24, 2.45) is 0 Å². The average Bonchev–Trinajstić information content (AvgIpc) is 2.99. The largest absolute Gasteiger partial charge is 0.302 e. The summed E-state index contributed by atoms with van der Waals surface area (Å²) in [6.07, 6.45) is 0.0278. The Balaban J connectivity index is 1.56. The summed E-state index contributed by atoms with van der Waals surface area (Å²) in [5, 5.41) is 3.24. The maximum Gasteiger partial charge on any atom is 0.240 e. The highest BCUT2D eigenvalue weighted by Crippen LogP contribution is 2.27. The smallest absolute Gasteiger partial charge is 0.240 e. The standard InChI is InChI=1S/C18H19N3O3S2/c1-12-6-8-14(9-7-12)26(23,24)19-11-10-16(22)20-18-21-17-13(2)4-3-5-15(17)25-18/h3-9,19H,10-11H2,1-2H3,(H,20,21,22). The Labute approximate surface area is 156 Å². The normalized spacial score (nSPS) is 11.6. The molecule has 0 unspecified atom stereocenters. The molecule has 0 spiro atoms. The van der Waals surface area contributed by atoms with E-state index in [0.717, 1.165) is 21.3 Å². The molecule has 0 fully saturated rings. The van der Waals surface area contributed by atoms with E-state index in [1.54, 1.807) is 24.3 Å². The van der Waals surface area contributed by atoms with E-state index in [1.807, 2.05) is 32.0 Å². The summed E-state index contributed by atoms with van der Waals surface area (Å²) in [4.78, 5) is 16.7. The van der Waals surface area contributed by atoms with Gasteiger partial charge < -0.3 is 5.32 Å². The Morgan fingerprint density at radius 2 is 1.85 bits per heavy atom. The highest BCUT2D eigenvalue weighted by atomic mass is 32.2. The summed E-state index contributed by atoms with van der Waals surface area (Å²) in [5.74, 6) is -0.284. The van der Waals surface area contributed by atoms with Crippen LogP contribution in [-0.2, 0) is 14.8 Å². The van der Waals surface area contributed by atoms with Gasteiger partial charge in [0, 0.05) is 13.0 Å².